The molecule has 1 N–H and O–H groups in total. The summed E-state index contributed by atoms with van der Waals surface area (Å²) in [4.78, 5) is 12.0. The van der Waals surface area contributed by atoms with Gasteiger partial charge in [-0.25, -0.2) is 8.42 Å². The van der Waals surface area contributed by atoms with Crippen molar-refractivity contribution in [2.45, 2.75) is 10.8 Å². The highest BCUT2D eigenvalue weighted by molar-refractivity contribution is 7.91. The zero-order valence-electron chi connectivity index (χ0n) is 13.2. The number of hydrogen-bond donors (Lipinski definition) is 1. The minimum atomic E-state index is -3.72. The minimum Gasteiger partial charge on any atom is -0.497 e. The number of halogens is 1. The van der Waals surface area contributed by atoms with E-state index < -0.39 is 15.9 Å². The number of rotatable bonds is 7. The molecule has 1 amide bonds. The van der Waals surface area contributed by atoms with Crippen molar-refractivity contribution in [3.63, 3.8) is 0 Å². The second-order valence-electron chi connectivity index (χ2n) is 4.95. The Hall–Kier alpha value is -1.61. The summed E-state index contributed by atoms with van der Waals surface area (Å²) in [5.41, 5.74) is 0.859. The summed E-state index contributed by atoms with van der Waals surface area (Å²) < 4.78 is 31.2. The average Bonchev–Trinajstić information content (AvgIpc) is 3.00. The van der Waals surface area contributed by atoms with Crippen LogP contribution >= 0.6 is 22.9 Å². The summed E-state index contributed by atoms with van der Waals surface area (Å²) in [5.74, 6) is 0.294. The molecule has 0 unspecified atom stereocenters. The highest BCUT2D eigenvalue weighted by atomic mass is 35.5. The SMILES string of the molecule is COc1cccc(CNC(=O)CN(C)S(=O)(=O)c2ccc(Cl)s2)c1. The van der Waals surface area contributed by atoms with Gasteiger partial charge in [0.2, 0.25) is 5.91 Å². The highest BCUT2D eigenvalue weighted by Gasteiger charge is 2.24. The number of ether oxygens (including phenoxy) is 1. The molecular formula is C15H17ClN2O4S2. The Labute approximate surface area is 150 Å². The van der Waals surface area contributed by atoms with Crippen molar-refractivity contribution >= 4 is 38.9 Å². The number of benzene rings is 1. The number of nitrogens with zero attached hydrogens (tertiary/aromatic N) is 1. The van der Waals surface area contributed by atoms with E-state index in [2.05, 4.69) is 5.32 Å². The molecule has 24 heavy (non-hydrogen) atoms. The molecule has 1 heterocycles. The molecule has 6 nitrogen and oxygen atoms in total. The van der Waals surface area contributed by atoms with E-state index in [0.29, 0.717) is 10.1 Å². The zero-order chi connectivity index (χ0) is 17.7. The van der Waals surface area contributed by atoms with Crippen LogP contribution in [0.4, 0.5) is 0 Å². The number of hydrogen-bond acceptors (Lipinski definition) is 5. The lowest BCUT2D eigenvalue weighted by atomic mass is 10.2. The fourth-order valence-corrected chi connectivity index (χ4v) is 4.74. The van der Waals surface area contributed by atoms with Gasteiger partial charge in [-0.05, 0) is 29.8 Å². The molecule has 1 aromatic carbocycles. The topological polar surface area (TPSA) is 75.7 Å². The normalized spacial score (nSPS) is 11.5. The molecule has 0 aliphatic carbocycles. The summed E-state index contributed by atoms with van der Waals surface area (Å²) in [5, 5.41) is 2.69. The van der Waals surface area contributed by atoms with Gasteiger partial charge < -0.3 is 10.1 Å². The Bertz CT molecular complexity index is 820. The molecule has 0 saturated carbocycles. The van der Waals surface area contributed by atoms with Crippen molar-refractivity contribution in [2.75, 3.05) is 20.7 Å². The van der Waals surface area contributed by atoms with Crippen LogP contribution in [-0.4, -0.2) is 39.3 Å². The van der Waals surface area contributed by atoms with E-state index in [1.165, 1.54) is 19.2 Å². The number of thiophene rings is 1. The summed E-state index contributed by atoms with van der Waals surface area (Å²) in [6.45, 7) is 0.0105. The van der Waals surface area contributed by atoms with E-state index in [9.17, 15) is 13.2 Å². The van der Waals surface area contributed by atoms with E-state index in [1.807, 2.05) is 12.1 Å². The predicted molar refractivity (Wildman–Crippen MR) is 94.0 cm³/mol. The van der Waals surface area contributed by atoms with E-state index in [4.69, 9.17) is 16.3 Å². The third-order valence-electron chi connectivity index (χ3n) is 3.20. The summed E-state index contributed by atoms with van der Waals surface area (Å²) >= 11 is 6.72. The molecule has 9 heteroatoms. The van der Waals surface area contributed by atoms with Crippen molar-refractivity contribution in [3.05, 3.63) is 46.3 Å². The molecular weight excluding hydrogens is 372 g/mol. The van der Waals surface area contributed by atoms with Crippen LogP contribution in [0.25, 0.3) is 0 Å². The maximum atomic E-state index is 12.3. The molecule has 0 bridgehead atoms. The van der Waals surface area contributed by atoms with Crippen molar-refractivity contribution in [3.8, 4) is 5.75 Å². The standard InChI is InChI=1S/C15H17ClN2O4S2/c1-18(24(20,21)15-7-6-13(16)23-15)10-14(19)17-9-11-4-3-5-12(8-11)22-2/h3-8H,9-10H2,1-2H3,(H,17,19). The van der Waals surface area contributed by atoms with Gasteiger partial charge in [-0.2, -0.15) is 4.31 Å². The number of amides is 1. The number of carbonyl (C=O) groups is 1. The first kappa shape index (κ1) is 18.7. The molecule has 0 radical (unpaired) electrons. The maximum Gasteiger partial charge on any atom is 0.252 e. The van der Waals surface area contributed by atoms with Gasteiger partial charge >= 0.3 is 0 Å². The number of likely N-dealkylation sites (N-methyl/N-ethyl adjacent to an activating group) is 1. The molecule has 2 aromatic rings. The molecule has 0 saturated heterocycles. The number of methoxy groups -OCH3 is 1. The minimum absolute atomic E-state index is 0.107. The highest BCUT2D eigenvalue weighted by Crippen LogP contribution is 2.27. The van der Waals surface area contributed by atoms with Gasteiger partial charge in [-0.3, -0.25) is 4.79 Å². The van der Waals surface area contributed by atoms with Gasteiger partial charge in [0.15, 0.2) is 0 Å². The molecule has 0 atom stereocenters. The molecule has 0 aliphatic heterocycles. The second-order valence-corrected chi connectivity index (χ2v) is 8.93. The number of nitrogens with one attached hydrogen (secondary N) is 1. The van der Waals surface area contributed by atoms with Gasteiger partial charge in [-0.15, -0.1) is 11.3 Å². The van der Waals surface area contributed by atoms with E-state index >= 15 is 0 Å². The summed E-state index contributed by atoms with van der Waals surface area (Å²) in [7, 11) is -0.801. The smallest absolute Gasteiger partial charge is 0.252 e. The van der Waals surface area contributed by atoms with Crippen LogP contribution in [-0.2, 0) is 21.4 Å². The van der Waals surface area contributed by atoms with Crippen molar-refractivity contribution in [2.24, 2.45) is 0 Å². The number of sulfonamides is 1. The average molecular weight is 389 g/mol. The first-order chi connectivity index (χ1) is 11.3. The van der Waals surface area contributed by atoms with Crippen LogP contribution in [0.1, 0.15) is 5.56 Å². The van der Waals surface area contributed by atoms with Crippen LogP contribution in [0, 0.1) is 0 Å². The summed E-state index contributed by atoms with van der Waals surface area (Å²) in [6, 6.07) is 10.2. The van der Waals surface area contributed by atoms with Gasteiger partial charge in [0, 0.05) is 13.6 Å². The Morgan fingerprint density at radius 1 is 1.33 bits per heavy atom. The third kappa shape index (κ3) is 4.70. The summed E-state index contributed by atoms with van der Waals surface area (Å²) in [6.07, 6.45) is 0. The molecule has 130 valence electrons. The Morgan fingerprint density at radius 3 is 2.71 bits per heavy atom. The fourth-order valence-electron chi connectivity index (χ4n) is 1.92. The number of carbonyl (C=O) groups excluding carboxylic acids is 1. The first-order valence-electron chi connectivity index (χ1n) is 6.94. The molecule has 0 spiro atoms. The monoisotopic (exact) mass is 388 g/mol. The quantitative estimate of drug-likeness (QED) is 0.789. The van der Waals surface area contributed by atoms with Gasteiger partial charge in [0.25, 0.3) is 10.0 Å². The third-order valence-corrected chi connectivity index (χ3v) is 6.71. The fraction of sp³-hybridized carbons (Fsp3) is 0.267. The Morgan fingerprint density at radius 2 is 2.08 bits per heavy atom. The maximum absolute atomic E-state index is 12.3. The molecule has 0 fully saturated rings. The van der Waals surface area contributed by atoms with Crippen LogP contribution in [0.15, 0.2) is 40.6 Å². The van der Waals surface area contributed by atoms with Crippen molar-refractivity contribution in [1.82, 2.24) is 9.62 Å². The molecule has 1 aromatic heterocycles. The van der Waals surface area contributed by atoms with Crippen molar-refractivity contribution in [1.29, 1.82) is 0 Å². The van der Waals surface area contributed by atoms with E-state index in [1.54, 1.807) is 19.2 Å². The van der Waals surface area contributed by atoms with Crippen LogP contribution in [0.3, 0.4) is 0 Å². The van der Waals surface area contributed by atoms with Gasteiger partial charge in [-0.1, -0.05) is 23.7 Å². The van der Waals surface area contributed by atoms with E-state index in [-0.39, 0.29) is 17.3 Å². The van der Waals surface area contributed by atoms with Crippen LogP contribution in [0.2, 0.25) is 4.34 Å². The molecule has 2 rings (SSSR count). The zero-order valence-corrected chi connectivity index (χ0v) is 15.5. The second kappa shape index (κ2) is 7.98. The van der Waals surface area contributed by atoms with Crippen molar-refractivity contribution < 1.29 is 17.9 Å². The molecule has 0 aliphatic rings. The Kier molecular flexibility index (Phi) is 6.22. The predicted octanol–water partition coefficient (Wildman–Crippen LogP) is 2.35. The van der Waals surface area contributed by atoms with Crippen LogP contribution in [0.5, 0.6) is 5.75 Å². The first-order valence-corrected chi connectivity index (χ1v) is 9.57. The van der Waals surface area contributed by atoms with Gasteiger partial charge in [0.05, 0.1) is 18.0 Å². The lowest BCUT2D eigenvalue weighted by Gasteiger charge is -2.15. The largest absolute Gasteiger partial charge is 0.497 e. The van der Waals surface area contributed by atoms with Gasteiger partial charge in [0.1, 0.15) is 9.96 Å². The van der Waals surface area contributed by atoms with Crippen LogP contribution < -0.4 is 10.1 Å². The Balaban J connectivity index is 1.94. The van der Waals surface area contributed by atoms with E-state index in [0.717, 1.165) is 21.2 Å². The lowest BCUT2D eigenvalue weighted by molar-refractivity contribution is -0.121. The lowest BCUT2D eigenvalue weighted by Crippen LogP contribution is -2.37.